The molecule has 0 aliphatic rings. The Morgan fingerprint density at radius 3 is 2.45 bits per heavy atom. The fraction of sp³-hybridized carbons (Fsp3) is 0. The van der Waals surface area contributed by atoms with Crippen molar-refractivity contribution in [2.75, 3.05) is 0 Å². The van der Waals surface area contributed by atoms with Crippen LogP contribution in [0.1, 0.15) is 10.4 Å². The van der Waals surface area contributed by atoms with E-state index in [4.69, 9.17) is 5.11 Å². The molecule has 0 radical (unpaired) electrons. The van der Waals surface area contributed by atoms with Crippen molar-refractivity contribution in [1.82, 2.24) is 0 Å². The number of carboxylic acids is 1. The van der Waals surface area contributed by atoms with Crippen molar-refractivity contribution >= 4 is 19.6 Å². The summed E-state index contributed by atoms with van der Waals surface area (Å²) in [5, 5.41) is 8.35. The van der Waals surface area contributed by atoms with Gasteiger partial charge in [0.25, 0.3) is 0 Å². The molecule has 1 aromatic carbocycles. The fourth-order valence-corrected chi connectivity index (χ4v) is 0.526. The molecule has 2 nitrogen and oxygen atoms in total. The Kier molecular flexibility index (Phi) is 6.38. The second-order valence-corrected chi connectivity index (χ2v) is 1.58. The Bertz CT molecular complexity index is 213. The van der Waals surface area contributed by atoms with E-state index in [1.54, 1.807) is 18.2 Å². The number of benzene rings is 1. The van der Waals surface area contributed by atoms with Crippen molar-refractivity contribution < 1.29 is 26.2 Å². The second-order valence-electron chi connectivity index (χ2n) is 1.58. The molecule has 1 aromatic rings. The normalized spacial score (nSPS) is 7.91. The third-order valence-corrected chi connectivity index (χ3v) is 0.939. The quantitative estimate of drug-likeness (QED) is 0.624. The molecular formula is C7H5BrO2Zn. The van der Waals surface area contributed by atoms with Crippen LogP contribution in [0.4, 0.5) is 0 Å². The average Bonchev–Trinajstić information content (AvgIpc) is 2.10. The van der Waals surface area contributed by atoms with Crippen LogP contribution in [0.3, 0.4) is 0 Å². The summed E-state index contributed by atoms with van der Waals surface area (Å²) in [7, 11) is 0. The molecule has 4 heteroatoms. The molecular weight excluding hydrogens is 261 g/mol. The molecule has 1 rings (SSSR count). The standard InChI is InChI=1S/C7H5O2.BrH.Zn/c8-7(9)6-4-2-1-3-5-6;;/h1-4H,(H,8,9);1H;/q-1;;+2/p-1. The molecule has 0 fully saturated rings. The molecule has 0 aromatic heterocycles. The van der Waals surface area contributed by atoms with Crippen molar-refractivity contribution in [3.8, 4) is 0 Å². The van der Waals surface area contributed by atoms with Gasteiger partial charge in [-0.1, -0.05) is 5.56 Å². The Morgan fingerprint density at radius 1 is 1.55 bits per heavy atom. The maximum absolute atomic E-state index is 10.2. The number of carbonyl (C=O) groups is 1. The third-order valence-electron chi connectivity index (χ3n) is 0.939. The SMILES string of the molecule is O=C(O)c1[c-]cccc1.[Zn+][Br]. The van der Waals surface area contributed by atoms with Crippen molar-refractivity contribution in [1.29, 1.82) is 0 Å². The van der Waals surface area contributed by atoms with Crippen LogP contribution in [0.25, 0.3) is 0 Å². The zero-order valence-electron chi connectivity index (χ0n) is 5.75. The molecule has 0 saturated carbocycles. The summed E-state index contributed by atoms with van der Waals surface area (Å²) in [5.74, 6) is -0.935. The molecule has 0 unspecified atom stereocenters. The molecule has 0 spiro atoms. The van der Waals surface area contributed by atoms with Crippen molar-refractivity contribution in [2.24, 2.45) is 0 Å². The summed E-state index contributed by atoms with van der Waals surface area (Å²) in [6.45, 7) is 0. The van der Waals surface area contributed by atoms with Crippen molar-refractivity contribution in [2.45, 2.75) is 0 Å². The van der Waals surface area contributed by atoms with Gasteiger partial charge < -0.3 is 9.90 Å². The molecule has 11 heavy (non-hydrogen) atoms. The summed E-state index contributed by atoms with van der Waals surface area (Å²) in [6, 6.07) is 9.04. The topological polar surface area (TPSA) is 37.3 Å². The van der Waals surface area contributed by atoms with Crippen LogP contribution in [0.5, 0.6) is 0 Å². The van der Waals surface area contributed by atoms with E-state index >= 15 is 0 Å². The van der Waals surface area contributed by atoms with E-state index in [2.05, 4.69) is 19.7 Å². The molecule has 0 atom stereocenters. The van der Waals surface area contributed by atoms with Gasteiger partial charge in [0.2, 0.25) is 5.97 Å². The van der Waals surface area contributed by atoms with Gasteiger partial charge in [-0.15, -0.1) is 30.3 Å². The monoisotopic (exact) mass is 264 g/mol. The van der Waals surface area contributed by atoms with Gasteiger partial charge in [0, 0.05) is 0 Å². The van der Waals surface area contributed by atoms with Gasteiger partial charge in [0.1, 0.15) is 0 Å². The molecule has 1 N–H and O–H groups in total. The molecule has 0 aliphatic heterocycles. The van der Waals surface area contributed by atoms with E-state index in [1.165, 1.54) is 22.4 Å². The zero-order valence-corrected chi connectivity index (χ0v) is 10.3. The van der Waals surface area contributed by atoms with Gasteiger partial charge in [-0.25, -0.2) is 0 Å². The number of aromatic carboxylic acids is 1. The molecule has 0 amide bonds. The summed E-state index contributed by atoms with van der Waals surface area (Å²) in [6.07, 6.45) is 0. The van der Waals surface area contributed by atoms with Gasteiger partial charge in [-0.05, 0) is 0 Å². The number of halogens is 1. The van der Waals surface area contributed by atoms with E-state index in [1.807, 2.05) is 0 Å². The predicted molar refractivity (Wildman–Crippen MR) is 41.2 cm³/mol. The molecule has 0 saturated heterocycles. The fourth-order valence-electron chi connectivity index (χ4n) is 0.526. The first-order valence-corrected chi connectivity index (χ1v) is 9.72. The van der Waals surface area contributed by atoms with Crippen molar-refractivity contribution in [3.05, 3.63) is 35.9 Å². The van der Waals surface area contributed by atoms with Crippen LogP contribution in [0.15, 0.2) is 24.3 Å². The van der Waals surface area contributed by atoms with Crippen LogP contribution in [0, 0.1) is 6.07 Å². The Labute approximate surface area is 81.7 Å². The average molecular weight is 266 g/mol. The number of hydrogen-bond donors (Lipinski definition) is 1. The van der Waals surface area contributed by atoms with E-state index in [0.717, 1.165) is 0 Å². The van der Waals surface area contributed by atoms with Gasteiger partial charge in [-0.2, -0.15) is 0 Å². The van der Waals surface area contributed by atoms with Crippen molar-refractivity contribution in [3.63, 3.8) is 0 Å². The van der Waals surface area contributed by atoms with Crippen LogP contribution in [-0.4, -0.2) is 11.1 Å². The Morgan fingerprint density at radius 2 is 2.18 bits per heavy atom. The molecule has 0 aliphatic carbocycles. The van der Waals surface area contributed by atoms with E-state index in [0.29, 0.717) is 0 Å². The van der Waals surface area contributed by atoms with E-state index in [9.17, 15) is 4.79 Å². The van der Waals surface area contributed by atoms with Gasteiger partial charge in [0.15, 0.2) is 0 Å². The van der Waals surface area contributed by atoms with E-state index < -0.39 is 5.97 Å². The first-order chi connectivity index (χ1) is 5.30. The molecule has 0 bridgehead atoms. The number of carboxylic acid groups (broad SMARTS) is 1. The summed E-state index contributed by atoms with van der Waals surface area (Å²) in [4.78, 5) is 10.2. The molecule has 0 heterocycles. The number of hydrogen-bond acceptors (Lipinski definition) is 1. The Hall–Kier alpha value is -0.207. The van der Waals surface area contributed by atoms with E-state index in [-0.39, 0.29) is 5.56 Å². The second kappa shape index (κ2) is 6.50. The van der Waals surface area contributed by atoms with Gasteiger partial charge in [-0.3, -0.25) is 0 Å². The first kappa shape index (κ1) is 10.8. The predicted octanol–water partition coefficient (Wildman–Crippen LogP) is 2.03. The van der Waals surface area contributed by atoms with Crippen LogP contribution in [-0.2, 0) is 16.3 Å². The third kappa shape index (κ3) is 4.28. The minimum absolute atomic E-state index is 0.206. The zero-order chi connectivity index (χ0) is 8.69. The summed E-state index contributed by atoms with van der Waals surface area (Å²) >= 11 is 4.25. The van der Waals surface area contributed by atoms with Crippen LogP contribution >= 0.6 is 13.6 Å². The van der Waals surface area contributed by atoms with Gasteiger partial charge >= 0.3 is 30.0 Å². The summed E-state index contributed by atoms with van der Waals surface area (Å²) in [5.41, 5.74) is 0.206. The van der Waals surface area contributed by atoms with Crippen LogP contribution in [0.2, 0.25) is 0 Å². The minimum atomic E-state index is -0.935. The Balaban J connectivity index is 0.000000461. The summed E-state index contributed by atoms with van der Waals surface area (Å²) < 4.78 is 0. The first-order valence-electron chi connectivity index (χ1n) is 2.77. The maximum atomic E-state index is 10.2. The number of rotatable bonds is 1. The molecule has 54 valence electrons. The van der Waals surface area contributed by atoms with Gasteiger partial charge in [0.05, 0.1) is 0 Å². The van der Waals surface area contributed by atoms with Crippen LogP contribution < -0.4 is 0 Å².